The fraction of sp³-hybridized carbons (Fsp3) is 0.480. The van der Waals surface area contributed by atoms with Crippen molar-refractivity contribution in [1.82, 2.24) is 25.1 Å². The summed E-state index contributed by atoms with van der Waals surface area (Å²) in [6.07, 6.45) is 1.92. The minimum atomic E-state index is -1.02. The molecule has 0 radical (unpaired) electrons. The predicted molar refractivity (Wildman–Crippen MR) is 132 cm³/mol. The van der Waals surface area contributed by atoms with Crippen molar-refractivity contribution in [3.05, 3.63) is 58.0 Å². The number of piperazine rings is 1. The summed E-state index contributed by atoms with van der Waals surface area (Å²) in [5.41, 5.74) is 0.679. The Bertz CT molecular complexity index is 1050. The number of benzene rings is 1. The zero-order valence-electron chi connectivity index (χ0n) is 20.2. The van der Waals surface area contributed by atoms with E-state index in [0.717, 1.165) is 22.7 Å². The van der Waals surface area contributed by atoms with Crippen molar-refractivity contribution in [1.29, 1.82) is 0 Å². The van der Waals surface area contributed by atoms with Gasteiger partial charge in [0.2, 0.25) is 11.8 Å². The molecule has 2 atom stereocenters. The number of rotatable bonds is 9. The van der Waals surface area contributed by atoms with E-state index in [4.69, 9.17) is 0 Å². The van der Waals surface area contributed by atoms with Gasteiger partial charge in [-0.1, -0.05) is 38.0 Å². The second-order valence-electron chi connectivity index (χ2n) is 8.97. The second kappa shape index (κ2) is 11.8. The molecule has 2 saturated heterocycles. The van der Waals surface area contributed by atoms with Crippen LogP contribution in [0.2, 0.25) is 0 Å². The Morgan fingerprint density at radius 1 is 1.19 bits per heavy atom. The van der Waals surface area contributed by atoms with Crippen LogP contribution in [0.25, 0.3) is 0 Å². The minimum Gasteiger partial charge on any atom is -0.337 e. The van der Waals surface area contributed by atoms with Gasteiger partial charge in [-0.25, -0.2) is 18.6 Å². The summed E-state index contributed by atoms with van der Waals surface area (Å²) in [6.45, 7) is 1.30. The van der Waals surface area contributed by atoms with Crippen LogP contribution in [0.1, 0.15) is 36.6 Å². The number of hydrogen-bond acceptors (Lipinski definition) is 5. The maximum atomic E-state index is 14.0. The van der Waals surface area contributed by atoms with Gasteiger partial charge in [-0.3, -0.25) is 9.59 Å². The molecule has 194 valence electrons. The van der Waals surface area contributed by atoms with Gasteiger partial charge >= 0.3 is 6.03 Å². The van der Waals surface area contributed by atoms with E-state index in [9.17, 15) is 23.2 Å². The number of unbranched alkanes of at least 4 members (excludes halogenated alkanes) is 1. The van der Waals surface area contributed by atoms with E-state index < -0.39 is 25.0 Å². The molecule has 0 bridgehead atoms. The number of alkyl halides is 1. The zero-order chi connectivity index (χ0) is 25.7. The summed E-state index contributed by atoms with van der Waals surface area (Å²) in [7, 11) is 0. The van der Waals surface area contributed by atoms with Crippen molar-refractivity contribution in [3.63, 3.8) is 0 Å². The Morgan fingerprint density at radius 3 is 2.64 bits per heavy atom. The summed E-state index contributed by atoms with van der Waals surface area (Å²) in [6, 6.07) is 8.39. The Hall–Kier alpha value is -3.05. The lowest BCUT2D eigenvalue weighted by molar-refractivity contribution is -0.195. The number of hydrazine groups is 1. The van der Waals surface area contributed by atoms with E-state index in [-0.39, 0.29) is 37.3 Å². The normalized spacial score (nSPS) is 20.6. The fourth-order valence-electron chi connectivity index (χ4n) is 4.74. The van der Waals surface area contributed by atoms with Gasteiger partial charge in [0.05, 0.1) is 6.54 Å². The number of hydrogen-bond donors (Lipinski definition) is 1. The summed E-state index contributed by atoms with van der Waals surface area (Å²) in [5, 5.41) is 7.04. The van der Waals surface area contributed by atoms with Crippen LogP contribution in [0.15, 0.2) is 41.8 Å². The van der Waals surface area contributed by atoms with Gasteiger partial charge in [0.15, 0.2) is 6.80 Å². The van der Waals surface area contributed by atoms with Crippen molar-refractivity contribution in [3.8, 4) is 0 Å². The molecule has 2 aliphatic heterocycles. The van der Waals surface area contributed by atoms with Gasteiger partial charge in [0.1, 0.15) is 24.6 Å². The lowest BCUT2D eigenvalue weighted by Crippen LogP contribution is -2.76. The number of urea groups is 1. The summed E-state index contributed by atoms with van der Waals surface area (Å²) >= 11 is 1.61. The average Bonchev–Trinajstić information content (AvgIpc) is 3.40. The molecule has 4 amide bonds. The summed E-state index contributed by atoms with van der Waals surface area (Å²) in [4.78, 5) is 44.2. The molecule has 1 aromatic carbocycles. The molecule has 2 aliphatic rings. The Balaban J connectivity index is 1.57. The molecule has 3 heterocycles. The number of amides is 4. The van der Waals surface area contributed by atoms with Crippen LogP contribution in [0.5, 0.6) is 0 Å². The first kappa shape index (κ1) is 26.0. The molecule has 1 aromatic heterocycles. The van der Waals surface area contributed by atoms with Crippen LogP contribution in [-0.2, 0) is 22.6 Å². The molecule has 36 heavy (non-hydrogen) atoms. The third-order valence-electron chi connectivity index (χ3n) is 6.57. The topological polar surface area (TPSA) is 76.2 Å². The monoisotopic (exact) mass is 519 g/mol. The highest BCUT2D eigenvalue weighted by Gasteiger charge is 2.51. The first-order chi connectivity index (χ1) is 17.4. The highest BCUT2D eigenvalue weighted by atomic mass is 32.1. The molecule has 8 nitrogen and oxygen atoms in total. The number of carbonyl (C=O) groups excluding carboxylic acids is 3. The lowest BCUT2D eigenvalue weighted by atomic mass is 10.0. The molecule has 2 fully saturated rings. The van der Waals surface area contributed by atoms with Gasteiger partial charge < -0.3 is 15.1 Å². The smallest absolute Gasteiger partial charge is 0.334 e. The van der Waals surface area contributed by atoms with Crippen LogP contribution in [-0.4, -0.2) is 76.3 Å². The van der Waals surface area contributed by atoms with E-state index >= 15 is 0 Å². The third kappa shape index (κ3) is 5.67. The zero-order valence-corrected chi connectivity index (χ0v) is 21.1. The van der Waals surface area contributed by atoms with Crippen LogP contribution >= 0.6 is 11.3 Å². The van der Waals surface area contributed by atoms with Crippen molar-refractivity contribution >= 4 is 29.2 Å². The number of carbonyl (C=O) groups is 3. The fourth-order valence-corrected chi connectivity index (χ4v) is 5.43. The highest BCUT2D eigenvalue weighted by molar-refractivity contribution is 7.09. The Labute approximate surface area is 213 Å². The number of nitrogens with one attached hydrogen (secondary N) is 1. The first-order valence-electron chi connectivity index (χ1n) is 12.2. The molecule has 0 spiro atoms. The van der Waals surface area contributed by atoms with E-state index in [1.54, 1.807) is 28.4 Å². The number of nitrogens with zero attached hydrogens (tertiary/aromatic N) is 4. The quantitative estimate of drug-likeness (QED) is 0.516. The van der Waals surface area contributed by atoms with Crippen LogP contribution in [0.3, 0.4) is 0 Å². The number of fused-ring (bicyclic) bond motifs is 1. The predicted octanol–water partition coefficient (Wildman–Crippen LogP) is 3.35. The third-order valence-corrected chi connectivity index (χ3v) is 7.51. The van der Waals surface area contributed by atoms with E-state index in [2.05, 4.69) is 5.32 Å². The molecular weight excluding hydrogens is 488 g/mol. The number of thiophene rings is 1. The molecular formula is C25H31F2N5O3S. The standard InChI is InChI=1S/C25H31F2N5O3S/c1-2-3-6-21-24(34)29(12-11-20-5-4-13-36-20)15-22-31(21)23(33)16-30(17-26)32(22)25(35)28-14-18-7-9-19(27)10-8-18/h4-5,7-10,13,21-22H,2-3,6,11-12,14-17H2,1H3,(H,28,35)/t21-,22-/m0/s1. The van der Waals surface area contributed by atoms with Crippen molar-refractivity contribution in [2.45, 2.75) is 51.4 Å². The highest BCUT2D eigenvalue weighted by Crippen LogP contribution is 2.29. The van der Waals surface area contributed by atoms with E-state index in [1.807, 2.05) is 24.4 Å². The van der Waals surface area contributed by atoms with Gasteiger partial charge in [-0.05, 0) is 42.0 Å². The van der Waals surface area contributed by atoms with Crippen molar-refractivity contribution in [2.24, 2.45) is 0 Å². The van der Waals surface area contributed by atoms with Crippen LogP contribution in [0, 0.1) is 5.82 Å². The molecule has 0 aliphatic carbocycles. The van der Waals surface area contributed by atoms with Crippen molar-refractivity contribution in [2.75, 3.05) is 26.4 Å². The summed E-state index contributed by atoms with van der Waals surface area (Å²) < 4.78 is 27.3. The van der Waals surface area contributed by atoms with Gasteiger partial charge in [-0.2, -0.15) is 5.01 Å². The maximum Gasteiger partial charge on any atom is 0.334 e. The van der Waals surface area contributed by atoms with Crippen LogP contribution < -0.4 is 5.32 Å². The lowest BCUT2D eigenvalue weighted by Gasteiger charge is -2.54. The molecule has 4 rings (SSSR count). The van der Waals surface area contributed by atoms with Crippen molar-refractivity contribution < 1.29 is 23.2 Å². The van der Waals surface area contributed by atoms with Crippen LogP contribution in [0.4, 0.5) is 13.6 Å². The SMILES string of the molecule is CCCC[C@H]1C(=O)N(CCc2cccs2)C[C@H]2N1C(=O)CN(CF)N2C(=O)NCc1ccc(F)cc1. The molecule has 0 unspecified atom stereocenters. The van der Waals surface area contributed by atoms with Gasteiger partial charge in [0.25, 0.3) is 0 Å². The second-order valence-corrected chi connectivity index (χ2v) is 10.00. The van der Waals surface area contributed by atoms with Gasteiger partial charge in [0, 0.05) is 18.0 Å². The summed E-state index contributed by atoms with van der Waals surface area (Å²) in [5.74, 6) is -0.885. The molecule has 1 N–H and O–H groups in total. The maximum absolute atomic E-state index is 14.0. The average molecular weight is 520 g/mol. The molecule has 2 aromatic rings. The number of halogens is 2. The Kier molecular flexibility index (Phi) is 8.52. The van der Waals surface area contributed by atoms with E-state index in [1.165, 1.54) is 22.0 Å². The largest absolute Gasteiger partial charge is 0.337 e. The molecule has 0 saturated carbocycles. The Morgan fingerprint density at radius 2 is 1.97 bits per heavy atom. The molecule has 11 heteroatoms. The van der Waals surface area contributed by atoms with E-state index in [0.29, 0.717) is 24.9 Å². The first-order valence-corrected chi connectivity index (χ1v) is 13.1. The van der Waals surface area contributed by atoms with Gasteiger partial charge in [-0.15, -0.1) is 11.3 Å². The minimum absolute atomic E-state index is 0.0963.